The van der Waals surface area contributed by atoms with Crippen LogP contribution in [0.3, 0.4) is 0 Å². The molecule has 4 nitrogen and oxygen atoms in total. The highest BCUT2D eigenvalue weighted by Crippen LogP contribution is 2.21. The lowest BCUT2D eigenvalue weighted by Crippen LogP contribution is -2.27. The van der Waals surface area contributed by atoms with E-state index in [4.69, 9.17) is 4.74 Å². The van der Waals surface area contributed by atoms with Crippen molar-refractivity contribution in [3.8, 4) is 0 Å². The molecule has 98 valence electrons. The van der Waals surface area contributed by atoms with Gasteiger partial charge in [0.25, 0.3) is 5.91 Å². The molecule has 18 heavy (non-hydrogen) atoms. The molecule has 0 radical (unpaired) electrons. The number of nitrogens with one attached hydrogen (secondary N) is 1. The number of aromatic nitrogens is 1. The van der Waals surface area contributed by atoms with Crippen LogP contribution in [0.4, 0.5) is 0 Å². The SMILES string of the molecule is O=C(NCCSC1CCOCC1)c1ccncc1. The number of carbonyl (C=O) groups is 1. The van der Waals surface area contributed by atoms with Crippen molar-refractivity contribution in [1.29, 1.82) is 0 Å². The van der Waals surface area contributed by atoms with Crippen molar-refractivity contribution < 1.29 is 9.53 Å². The van der Waals surface area contributed by atoms with Gasteiger partial charge in [0.2, 0.25) is 0 Å². The van der Waals surface area contributed by atoms with E-state index in [9.17, 15) is 4.79 Å². The van der Waals surface area contributed by atoms with Gasteiger partial charge in [0.05, 0.1) is 0 Å². The third kappa shape index (κ3) is 4.31. The Bertz CT molecular complexity index is 367. The Morgan fingerprint density at radius 1 is 1.39 bits per heavy atom. The van der Waals surface area contributed by atoms with Gasteiger partial charge in [-0.25, -0.2) is 0 Å². The van der Waals surface area contributed by atoms with Crippen LogP contribution in [0.25, 0.3) is 0 Å². The molecule has 1 aliphatic rings. The van der Waals surface area contributed by atoms with Gasteiger partial charge in [0, 0.05) is 48.7 Å². The highest BCUT2D eigenvalue weighted by molar-refractivity contribution is 7.99. The summed E-state index contributed by atoms with van der Waals surface area (Å²) in [5.74, 6) is 0.937. The Balaban J connectivity index is 1.62. The molecule has 0 aliphatic carbocycles. The Morgan fingerprint density at radius 2 is 2.11 bits per heavy atom. The van der Waals surface area contributed by atoms with Crippen LogP contribution in [0.5, 0.6) is 0 Å². The van der Waals surface area contributed by atoms with Gasteiger partial charge in [-0.1, -0.05) is 0 Å². The number of pyridine rings is 1. The van der Waals surface area contributed by atoms with Crippen molar-refractivity contribution in [1.82, 2.24) is 10.3 Å². The minimum Gasteiger partial charge on any atom is -0.381 e. The third-order valence-electron chi connectivity index (χ3n) is 2.85. The lowest BCUT2D eigenvalue weighted by atomic mass is 10.2. The summed E-state index contributed by atoms with van der Waals surface area (Å²) in [6, 6.07) is 3.45. The lowest BCUT2D eigenvalue weighted by molar-refractivity contribution is 0.0955. The van der Waals surface area contributed by atoms with Gasteiger partial charge in [0.15, 0.2) is 0 Å². The summed E-state index contributed by atoms with van der Waals surface area (Å²) in [4.78, 5) is 15.6. The molecule has 2 heterocycles. The Hall–Kier alpha value is -1.07. The number of nitrogens with zero attached hydrogens (tertiary/aromatic N) is 1. The normalized spacial score (nSPS) is 16.4. The Morgan fingerprint density at radius 3 is 2.83 bits per heavy atom. The Labute approximate surface area is 112 Å². The topological polar surface area (TPSA) is 51.2 Å². The predicted octanol–water partition coefficient (Wildman–Crippen LogP) is 1.72. The second kappa shape index (κ2) is 7.38. The summed E-state index contributed by atoms with van der Waals surface area (Å²) in [6.45, 7) is 2.46. The van der Waals surface area contributed by atoms with E-state index in [1.807, 2.05) is 11.8 Å². The molecule has 0 aromatic carbocycles. The van der Waals surface area contributed by atoms with Crippen LogP contribution in [0.15, 0.2) is 24.5 Å². The number of hydrogen-bond donors (Lipinski definition) is 1. The fraction of sp³-hybridized carbons (Fsp3) is 0.538. The maximum atomic E-state index is 11.7. The monoisotopic (exact) mass is 266 g/mol. The second-order valence-corrected chi connectivity index (χ2v) is 5.58. The first kappa shape index (κ1) is 13.4. The number of ether oxygens (including phenoxy) is 1. The number of carbonyl (C=O) groups excluding carboxylic acids is 1. The molecule has 1 aliphatic heterocycles. The molecule has 0 saturated carbocycles. The smallest absolute Gasteiger partial charge is 0.251 e. The summed E-state index contributed by atoms with van der Waals surface area (Å²) < 4.78 is 5.31. The van der Waals surface area contributed by atoms with Crippen molar-refractivity contribution in [3.63, 3.8) is 0 Å². The minimum absolute atomic E-state index is 0.0232. The molecular weight excluding hydrogens is 248 g/mol. The first-order valence-corrected chi connectivity index (χ1v) is 7.29. The number of thioether (sulfide) groups is 1. The molecule has 0 bridgehead atoms. The molecule has 1 fully saturated rings. The van der Waals surface area contributed by atoms with E-state index < -0.39 is 0 Å². The summed E-state index contributed by atoms with van der Waals surface area (Å²) in [7, 11) is 0. The van der Waals surface area contributed by atoms with Crippen LogP contribution < -0.4 is 5.32 Å². The van der Waals surface area contributed by atoms with Gasteiger partial charge in [-0.3, -0.25) is 9.78 Å². The summed E-state index contributed by atoms with van der Waals surface area (Å²) in [5.41, 5.74) is 0.668. The fourth-order valence-electron chi connectivity index (χ4n) is 1.84. The van der Waals surface area contributed by atoms with Gasteiger partial charge >= 0.3 is 0 Å². The van der Waals surface area contributed by atoms with Gasteiger partial charge < -0.3 is 10.1 Å². The maximum absolute atomic E-state index is 11.7. The Kier molecular flexibility index (Phi) is 5.48. The first-order chi connectivity index (χ1) is 8.86. The molecule has 1 N–H and O–H groups in total. The average Bonchev–Trinajstić information content (AvgIpc) is 2.45. The minimum atomic E-state index is -0.0232. The zero-order valence-electron chi connectivity index (χ0n) is 10.3. The van der Waals surface area contributed by atoms with Crippen molar-refractivity contribution in [3.05, 3.63) is 30.1 Å². The molecule has 0 spiro atoms. The van der Waals surface area contributed by atoms with Crippen molar-refractivity contribution in [2.24, 2.45) is 0 Å². The van der Waals surface area contributed by atoms with Crippen LogP contribution in [-0.2, 0) is 4.74 Å². The van der Waals surface area contributed by atoms with Crippen LogP contribution in [0, 0.1) is 0 Å². The number of rotatable bonds is 5. The highest BCUT2D eigenvalue weighted by Gasteiger charge is 2.13. The molecule has 1 aromatic heterocycles. The molecule has 5 heteroatoms. The van der Waals surface area contributed by atoms with Crippen molar-refractivity contribution in [2.75, 3.05) is 25.5 Å². The fourth-order valence-corrected chi connectivity index (χ4v) is 2.92. The van der Waals surface area contributed by atoms with Crippen LogP contribution in [0.2, 0.25) is 0 Å². The second-order valence-electron chi connectivity index (χ2n) is 4.17. The van der Waals surface area contributed by atoms with E-state index in [1.165, 1.54) is 0 Å². The van der Waals surface area contributed by atoms with E-state index >= 15 is 0 Å². The zero-order chi connectivity index (χ0) is 12.6. The molecule has 2 rings (SSSR count). The van der Waals surface area contributed by atoms with E-state index in [0.717, 1.165) is 31.8 Å². The van der Waals surface area contributed by atoms with Crippen LogP contribution >= 0.6 is 11.8 Å². The van der Waals surface area contributed by atoms with E-state index in [1.54, 1.807) is 24.5 Å². The zero-order valence-corrected chi connectivity index (χ0v) is 11.1. The van der Waals surface area contributed by atoms with Crippen LogP contribution in [0.1, 0.15) is 23.2 Å². The van der Waals surface area contributed by atoms with E-state index in [-0.39, 0.29) is 5.91 Å². The molecular formula is C13H18N2O2S. The predicted molar refractivity (Wildman–Crippen MR) is 72.9 cm³/mol. The van der Waals surface area contributed by atoms with Crippen LogP contribution in [-0.4, -0.2) is 41.7 Å². The summed E-state index contributed by atoms with van der Waals surface area (Å²) in [5, 5.41) is 3.61. The van der Waals surface area contributed by atoms with E-state index in [0.29, 0.717) is 17.4 Å². The van der Waals surface area contributed by atoms with Gasteiger partial charge in [-0.2, -0.15) is 11.8 Å². The largest absolute Gasteiger partial charge is 0.381 e. The van der Waals surface area contributed by atoms with Gasteiger partial charge in [-0.05, 0) is 25.0 Å². The number of amides is 1. The maximum Gasteiger partial charge on any atom is 0.251 e. The molecule has 0 atom stereocenters. The molecule has 1 saturated heterocycles. The molecule has 0 unspecified atom stereocenters. The van der Waals surface area contributed by atoms with E-state index in [2.05, 4.69) is 10.3 Å². The van der Waals surface area contributed by atoms with Crippen molar-refractivity contribution >= 4 is 17.7 Å². The quantitative estimate of drug-likeness (QED) is 0.825. The van der Waals surface area contributed by atoms with Crippen molar-refractivity contribution in [2.45, 2.75) is 18.1 Å². The lowest BCUT2D eigenvalue weighted by Gasteiger charge is -2.21. The van der Waals surface area contributed by atoms with Gasteiger partial charge in [0.1, 0.15) is 0 Å². The highest BCUT2D eigenvalue weighted by atomic mass is 32.2. The first-order valence-electron chi connectivity index (χ1n) is 6.24. The summed E-state index contributed by atoms with van der Waals surface area (Å²) in [6.07, 6.45) is 5.52. The molecule has 1 amide bonds. The summed E-state index contributed by atoms with van der Waals surface area (Å²) >= 11 is 1.93. The van der Waals surface area contributed by atoms with Gasteiger partial charge in [-0.15, -0.1) is 0 Å². The standard InChI is InChI=1S/C13H18N2O2S/c16-13(11-1-5-14-6-2-11)15-7-10-18-12-3-8-17-9-4-12/h1-2,5-6,12H,3-4,7-10H2,(H,15,16). The number of hydrogen-bond acceptors (Lipinski definition) is 4. The molecule has 1 aromatic rings. The third-order valence-corrected chi connectivity index (χ3v) is 4.23. The average molecular weight is 266 g/mol.